The molecule has 0 fully saturated rings. The van der Waals surface area contributed by atoms with Gasteiger partial charge in [0.2, 0.25) is 0 Å². The number of anilines is 1. The molecular formula is C10H9ClF3N5. The van der Waals surface area contributed by atoms with Crippen molar-refractivity contribution in [1.82, 2.24) is 14.8 Å². The van der Waals surface area contributed by atoms with E-state index in [0.717, 1.165) is 17.1 Å². The topological polar surface area (TPSA) is 68.8 Å². The monoisotopic (exact) mass is 291 g/mol. The molecule has 2 aromatic rings. The highest BCUT2D eigenvalue weighted by molar-refractivity contribution is 6.31. The predicted octanol–water partition coefficient (Wildman–Crippen LogP) is 2.28. The minimum Gasteiger partial charge on any atom is -0.308 e. The third-order valence-electron chi connectivity index (χ3n) is 2.34. The number of aromatic nitrogens is 3. The molecule has 0 saturated heterocycles. The molecule has 0 bridgehead atoms. The molecule has 0 atom stereocenters. The molecule has 3 N–H and O–H groups in total. The SMILES string of the molecule is NNc1ccc(Cl)c(Cn2cc(C(F)(F)F)cn2)n1. The smallest absolute Gasteiger partial charge is 0.308 e. The first-order chi connectivity index (χ1) is 8.90. The second-order valence-electron chi connectivity index (χ2n) is 3.69. The molecule has 102 valence electrons. The zero-order valence-electron chi connectivity index (χ0n) is 9.45. The Kier molecular flexibility index (Phi) is 3.63. The Morgan fingerprint density at radius 1 is 1.37 bits per heavy atom. The molecule has 0 amide bonds. The average molecular weight is 292 g/mol. The Balaban J connectivity index is 2.24. The Hall–Kier alpha value is -1.80. The van der Waals surface area contributed by atoms with Crippen LogP contribution in [0.4, 0.5) is 19.0 Å². The second-order valence-corrected chi connectivity index (χ2v) is 4.10. The molecule has 0 radical (unpaired) electrons. The Labute approximate surface area is 111 Å². The molecule has 0 aliphatic rings. The lowest BCUT2D eigenvalue weighted by atomic mass is 10.3. The van der Waals surface area contributed by atoms with Gasteiger partial charge in [0.25, 0.3) is 0 Å². The molecule has 0 unspecified atom stereocenters. The summed E-state index contributed by atoms with van der Waals surface area (Å²) in [6.07, 6.45) is -2.78. The summed E-state index contributed by atoms with van der Waals surface area (Å²) in [4.78, 5) is 4.05. The molecule has 2 aromatic heterocycles. The van der Waals surface area contributed by atoms with Crippen LogP contribution in [0.2, 0.25) is 5.02 Å². The molecule has 9 heteroatoms. The maximum Gasteiger partial charge on any atom is 0.419 e. The van der Waals surface area contributed by atoms with Crippen LogP contribution in [0.1, 0.15) is 11.3 Å². The standard InChI is InChI=1S/C10H9ClF3N5/c11-7-1-2-9(18-15)17-8(7)5-19-4-6(3-16-19)10(12,13)14/h1-4H,5,15H2,(H,17,18). The number of halogens is 4. The molecule has 2 rings (SSSR count). The van der Waals surface area contributed by atoms with Crippen molar-refractivity contribution >= 4 is 17.4 Å². The predicted molar refractivity (Wildman–Crippen MR) is 63.4 cm³/mol. The number of nitrogens with zero attached hydrogens (tertiary/aromatic N) is 3. The number of nitrogens with one attached hydrogen (secondary N) is 1. The summed E-state index contributed by atoms with van der Waals surface area (Å²) in [5.41, 5.74) is 1.88. The van der Waals surface area contributed by atoms with Gasteiger partial charge in [-0.2, -0.15) is 18.3 Å². The number of nitrogens with two attached hydrogens (primary N) is 1. The van der Waals surface area contributed by atoms with Crippen molar-refractivity contribution in [3.05, 3.63) is 40.8 Å². The van der Waals surface area contributed by atoms with Gasteiger partial charge >= 0.3 is 6.18 Å². The Morgan fingerprint density at radius 2 is 2.11 bits per heavy atom. The van der Waals surface area contributed by atoms with Crippen LogP contribution in [-0.2, 0) is 12.7 Å². The van der Waals surface area contributed by atoms with Crippen LogP contribution in [0, 0.1) is 0 Å². The van der Waals surface area contributed by atoms with Gasteiger partial charge in [0.05, 0.1) is 29.0 Å². The van der Waals surface area contributed by atoms with E-state index in [9.17, 15) is 13.2 Å². The Bertz CT molecular complexity index is 581. The molecule has 0 spiro atoms. The third-order valence-corrected chi connectivity index (χ3v) is 2.68. The fourth-order valence-corrected chi connectivity index (χ4v) is 1.59. The van der Waals surface area contributed by atoms with E-state index >= 15 is 0 Å². The summed E-state index contributed by atoms with van der Waals surface area (Å²) in [5, 5.41) is 3.94. The lowest BCUT2D eigenvalue weighted by Gasteiger charge is -2.06. The van der Waals surface area contributed by atoms with E-state index in [1.807, 2.05) is 0 Å². The molecule has 19 heavy (non-hydrogen) atoms. The number of hydrazine groups is 1. The number of hydrogen-bond donors (Lipinski definition) is 2. The third kappa shape index (κ3) is 3.15. The van der Waals surface area contributed by atoms with Gasteiger partial charge < -0.3 is 5.43 Å². The minimum absolute atomic E-state index is 0.0183. The van der Waals surface area contributed by atoms with Crippen molar-refractivity contribution < 1.29 is 13.2 Å². The number of rotatable bonds is 3. The highest BCUT2D eigenvalue weighted by atomic mass is 35.5. The van der Waals surface area contributed by atoms with E-state index in [0.29, 0.717) is 16.5 Å². The summed E-state index contributed by atoms with van der Waals surface area (Å²) in [7, 11) is 0. The lowest BCUT2D eigenvalue weighted by molar-refractivity contribution is -0.137. The Morgan fingerprint density at radius 3 is 2.68 bits per heavy atom. The van der Waals surface area contributed by atoms with Crippen LogP contribution >= 0.6 is 11.6 Å². The molecule has 0 aliphatic heterocycles. The molecule has 2 heterocycles. The summed E-state index contributed by atoms with van der Waals surface area (Å²) in [6, 6.07) is 3.10. The first-order valence-electron chi connectivity index (χ1n) is 5.12. The molecular weight excluding hydrogens is 283 g/mol. The van der Waals surface area contributed by atoms with Crippen LogP contribution in [-0.4, -0.2) is 14.8 Å². The number of nitrogen functional groups attached to an aromatic ring is 1. The van der Waals surface area contributed by atoms with Gasteiger partial charge in [-0.25, -0.2) is 10.8 Å². The maximum absolute atomic E-state index is 12.4. The van der Waals surface area contributed by atoms with Crippen LogP contribution in [0.5, 0.6) is 0 Å². The van der Waals surface area contributed by atoms with Gasteiger partial charge in [0.1, 0.15) is 5.82 Å². The van der Waals surface area contributed by atoms with E-state index in [4.69, 9.17) is 17.4 Å². The van der Waals surface area contributed by atoms with Crippen molar-refractivity contribution in [3.63, 3.8) is 0 Å². The van der Waals surface area contributed by atoms with Crippen LogP contribution in [0.15, 0.2) is 24.5 Å². The number of hydrogen-bond acceptors (Lipinski definition) is 4. The van der Waals surface area contributed by atoms with E-state index in [-0.39, 0.29) is 6.54 Å². The largest absolute Gasteiger partial charge is 0.419 e. The van der Waals surface area contributed by atoms with Gasteiger partial charge in [-0.05, 0) is 12.1 Å². The van der Waals surface area contributed by atoms with Crippen LogP contribution in [0.3, 0.4) is 0 Å². The molecule has 0 saturated carbocycles. The first kappa shape index (κ1) is 13.6. The van der Waals surface area contributed by atoms with E-state index in [1.165, 1.54) is 0 Å². The van der Waals surface area contributed by atoms with Crippen molar-refractivity contribution in [2.45, 2.75) is 12.7 Å². The molecule has 5 nitrogen and oxygen atoms in total. The van der Waals surface area contributed by atoms with Gasteiger partial charge in [0, 0.05) is 6.20 Å². The zero-order chi connectivity index (χ0) is 14.0. The fourth-order valence-electron chi connectivity index (χ4n) is 1.43. The molecule has 0 aromatic carbocycles. The van der Waals surface area contributed by atoms with Crippen molar-refractivity contribution in [3.8, 4) is 0 Å². The minimum atomic E-state index is -4.42. The number of pyridine rings is 1. The zero-order valence-corrected chi connectivity index (χ0v) is 10.2. The lowest BCUT2D eigenvalue weighted by Crippen LogP contribution is -2.11. The van der Waals surface area contributed by atoms with E-state index in [2.05, 4.69) is 15.5 Å². The van der Waals surface area contributed by atoms with Crippen molar-refractivity contribution in [2.75, 3.05) is 5.43 Å². The fraction of sp³-hybridized carbons (Fsp3) is 0.200. The van der Waals surface area contributed by atoms with Gasteiger partial charge in [-0.3, -0.25) is 4.68 Å². The van der Waals surface area contributed by atoms with Crippen molar-refractivity contribution in [1.29, 1.82) is 0 Å². The molecule has 0 aliphatic carbocycles. The average Bonchev–Trinajstić information content (AvgIpc) is 2.80. The van der Waals surface area contributed by atoms with E-state index in [1.54, 1.807) is 12.1 Å². The van der Waals surface area contributed by atoms with Gasteiger partial charge in [0.15, 0.2) is 0 Å². The van der Waals surface area contributed by atoms with Gasteiger partial charge in [-0.15, -0.1) is 0 Å². The highest BCUT2D eigenvalue weighted by Crippen LogP contribution is 2.28. The summed E-state index contributed by atoms with van der Waals surface area (Å²) >= 11 is 5.91. The summed E-state index contributed by atoms with van der Waals surface area (Å²) < 4.78 is 38.4. The van der Waals surface area contributed by atoms with Crippen LogP contribution < -0.4 is 11.3 Å². The normalized spacial score (nSPS) is 11.6. The quantitative estimate of drug-likeness (QED) is 0.672. The van der Waals surface area contributed by atoms with Gasteiger partial charge in [-0.1, -0.05) is 11.6 Å². The summed E-state index contributed by atoms with van der Waals surface area (Å²) in [5.74, 6) is 5.56. The van der Waals surface area contributed by atoms with E-state index < -0.39 is 11.7 Å². The summed E-state index contributed by atoms with van der Waals surface area (Å²) in [6.45, 7) is 0.0183. The maximum atomic E-state index is 12.4. The number of alkyl halides is 3. The highest BCUT2D eigenvalue weighted by Gasteiger charge is 2.32. The van der Waals surface area contributed by atoms with Crippen LogP contribution in [0.25, 0.3) is 0 Å². The second kappa shape index (κ2) is 5.06. The van der Waals surface area contributed by atoms with Crippen molar-refractivity contribution in [2.24, 2.45) is 5.84 Å². The first-order valence-corrected chi connectivity index (χ1v) is 5.49.